The lowest BCUT2D eigenvalue weighted by Gasteiger charge is -2.34. The number of halogens is 3. The minimum Gasteiger partial charge on any atom is -0.371 e. The maximum atomic E-state index is 13.6. The van der Waals surface area contributed by atoms with Gasteiger partial charge < -0.3 is 15.1 Å². The smallest absolute Gasteiger partial charge is 0.311 e. The number of carbonyl (C=O) groups excluding carboxylic acids is 1. The van der Waals surface area contributed by atoms with Crippen LogP contribution in [0.1, 0.15) is 48.9 Å². The SMILES string of the molecule is O=C(Nc1ccc([N+](=O)[O-])c(N2CCC(F)(F)CC2)n1)c1cnc(Cl)cc1N1CCC2(CC1)CC2. The first-order valence-electron chi connectivity index (χ1n) is 11.6. The molecule has 5 rings (SSSR count). The van der Waals surface area contributed by atoms with Crippen LogP contribution < -0.4 is 15.1 Å². The van der Waals surface area contributed by atoms with Crippen molar-refractivity contribution >= 4 is 40.5 Å². The molecule has 0 bridgehead atoms. The van der Waals surface area contributed by atoms with E-state index in [0.717, 1.165) is 25.9 Å². The summed E-state index contributed by atoms with van der Waals surface area (Å²) in [5, 5.41) is 14.5. The van der Waals surface area contributed by atoms with Crippen LogP contribution in [0.5, 0.6) is 0 Å². The summed E-state index contributed by atoms with van der Waals surface area (Å²) in [5.41, 5.74) is 1.16. The van der Waals surface area contributed by atoms with Gasteiger partial charge in [0.1, 0.15) is 11.0 Å². The van der Waals surface area contributed by atoms with Gasteiger partial charge >= 0.3 is 5.69 Å². The molecule has 3 fully saturated rings. The normalized spacial score (nSPS) is 20.5. The van der Waals surface area contributed by atoms with Crippen LogP contribution in [0, 0.1) is 15.5 Å². The van der Waals surface area contributed by atoms with Crippen LogP contribution in [0.15, 0.2) is 24.4 Å². The number of carbonyl (C=O) groups is 1. The highest BCUT2D eigenvalue weighted by molar-refractivity contribution is 6.30. The molecule has 1 aliphatic carbocycles. The van der Waals surface area contributed by atoms with Crippen molar-refractivity contribution in [1.29, 1.82) is 0 Å². The lowest BCUT2D eigenvalue weighted by atomic mass is 9.93. The van der Waals surface area contributed by atoms with Crippen molar-refractivity contribution in [3.8, 4) is 0 Å². The van der Waals surface area contributed by atoms with Crippen LogP contribution in [0.2, 0.25) is 5.15 Å². The summed E-state index contributed by atoms with van der Waals surface area (Å²) in [7, 11) is 0. The fraction of sp³-hybridized carbons (Fsp3) is 0.522. The molecule has 1 amide bonds. The van der Waals surface area contributed by atoms with Gasteiger partial charge in [-0.1, -0.05) is 11.6 Å². The molecular weight excluding hydrogens is 482 g/mol. The van der Waals surface area contributed by atoms with E-state index >= 15 is 0 Å². The van der Waals surface area contributed by atoms with Gasteiger partial charge in [0.2, 0.25) is 5.82 Å². The summed E-state index contributed by atoms with van der Waals surface area (Å²) in [6.45, 7) is 1.50. The van der Waals surface area contributed by atoms with Crippen LogP contribution in [-0.4, -0.2) is 52.9 Å². The van der Waals surface area contributed by atoms with E-state index < -0.39 is 29.6 Å². The minimum absolute atomic E-state index is 0.0384. The number of piperidine rings is 2. The van der Waals surface area contributed by atoms with Gasteiger partial charge in [0.15, 0.2) is 0 Å². The van der Waals surface area contributed by atoms with Gasteiger partial charge in [0, 0.05) is 51.3 Å². The molecule has 0 aromatic carbocycles. The molecule has 2 saturated heterocycles. The quantitative estimate of drug-likeness (QED) is 0.349. The summed E-state index contributed by atoms with van der Waals surface area (Å²) < 4.78 is 27.2. The Morgan fingerprint density at radius 1 is 1.06 bits per heavy atom. The van der Waals surface area contributed by atoms with Gasteiger partial charge in [-0.3, -0.25) is 14.9 Å². The maximum absolute atomic E-state index is 13.6. The topological polar surface area (TPSA) is 104 Å². The monoisotopic (exact) mass is 506 g/mol. The number of aromatic nitrogens is 2. The zero-order valence-electron chi connectivity index (χ0n) is 19.0. The number of hydrogen-bond acceptors (Lipinski definition) is 7. The maximum Gasteiger partial charge on any atom is 0.311 e. The highest BCUT2D eigenvalue weighted by atomic mass is 35.5. The summed E-state index contributed by atoms with van der Waals surface area (Å²) in [6.07, 6.45) is 5.22. The summed E-state index contributed by atoms with van der Waals surface area (Å²) in [6, 6.07) is 4.23. The summed E-state index contributed by atoms with van der Waals surface area (Å²) >= 11 is 6.14. The fourth-order valence-electron chi connectivity index (χ4n) is 4.87. The molecule has 35 heavy (non-hydrogen) atoms. The lowest BCUT2D eigenvalue weighted by Crippen LogP contribution is -2.40. The van der Waals surface area contributed by atoms with Crippen molar-refractivity contribution in [1.82, 2.24) is 9.97 Å². The summed E-state index contributed by atoms with van der Waals surface area (Å²) in [5.74, 6) is -3.23. The molecule has 0 unspecified atom stereocenters. The second-order valence-electron chi connectivity index (χ2n) is 9.60. The number of nitrogens with zero attached hydrogens (tertiary/aromatic N) is 5. The van der Waals surface area contributed by atoms with Crippen molar-refractivity contribution in [2.75, 3.05) is 41.3 Å². The number of amides is 1. The van der Waals surface area contributed by atoms with E-state index in [9.17, 15) is 23.7 Å². The minimum atomic E-state index is -2.80. The standard InChI is InChI=1S/C23H25ClF2N6O3/c24-18-13-17(30-9-5-22(3-4-22)6-10-30)15(14-27-18)21(33)29-19-2-1-16(32(34)35)20(28-19)31-11-7-23(25,26)8-12-31/h1-2,13-14H,3-12H2,(H,28,29,33). The number of pyridine rings is 2. The molecule has 2 aliphatic heterocycles. The number of anilines is 3. The van der Waals surface area contributed by atoms with Crippen molar-refractivity contribution in [3.63, 3.8) is 0 Å². The van der Waals surface area contributed by atoms with Crippen molar-refractivity contribution in [2.45, 2.75) is 44.4 Å². The van der Waals surface area contributed by atoms with Gasteiger partial charge in [0.05, 0.1) is 16.2 Å². The highest BCUT2D eigenvalue weighted by Crippen LogP contribution is 2.54. The van der Waals surface area contributed by atoms with Crippen LogP contribution in [0.25, 0.3) is 0 Å². The van der Waals surface area contributed by atoms with E-state index in [2.05, 4.69) is 20.2 Å². The van der Waals surface area contributed by atoms with Crippen molar-refractivity contribution in [2.24, 2.45) is 5.41 Å². The zero-order valence-corrected chi connectivity index (χ0v) is 19.7. The largest absolute Gasteiger partial charge is 0.371 e. The molecule has 9 nitrogen and oxygen atoms in total. The fourth-order valence-corrected chi connectivity index (χ4v) is 5.02. The van der Waals surface area contributed by atoms with Gasteiger partial charge in [-0.05, 0) is 43.2 Å². The molecule has 2 aromatic rings. The first-order chi connectivity index (χ1) is 16.6. The van der Waals surface area contributed by atoms with E-state index in [1.54, 1.807) is 6.07 Å². The molecule has 0 atom stereocenters. The van der Waals surface area contributed by atoms with Crippen LogP contribution in [-0.2, 0) is 0 Å². The Kier molecular flexibility index (Phi) is 5.98. The Morgan fingerprint density at radius 3 is 2.34 bits per heavy atom. The predicted octanol–water partition coefficient (Wildman–Crippen LogP) is 4.91. The number of nitrogens with one attached hydrogen (secondary N) is 1. The van der Waals surface area contributed by atoms with Gasteiger partial charge in [-0.2, -0.15) is 0 Å². The Morgan fingerprint density at radius 2 is 1.71 bits per heavy atom. The number of alkyl halides is 2. The van der Waals surface area contributed by atoms with E-state index in [1.165, 1.54) is 36.1 Å². The molecule has 4 heterocycles. The lowest BCUT2D eigenvalue weighted by molar-refractivity contribution is -0.384. The third kappa shape index (κ3) is 5.00. The molecule has 186 valence electrons. The molecular formula is C23H25ClF2N6O3. The van der Waals surface area contributed by atoms with Crippen molar-refractivity contribution < 1.29 is 18.5 Å². The predicted molar refractivity (Wildman–Crippen MR) is 128 cm³/mol. The van der Waals surface area contributed by atoms with Gasteiger partial charge in [-0.15, -0.1) is 0 Å². The van der Waals surface area contributed by atoms with Crippen LogP contribution >= 0.6 is 11.6 Å². The molecule has 1 saturated carbocycles. The average molecular weight is 507 g/mol. The first kappa shape index (κ1) is 23.7. The average Bonchev–Trinajstić information content (AvgIpc) is 3.58. The Labute approximate surface area is 205 Å². The second-order valence-corrected chi connectivity index (χ2v) is 9.99. The summed E-state index contributed by atoms with van der Waals surface area (Å²) in [4.78, 5) is 36.1. The zero-order chi connectivity index (χ0) is 24.8. The third-order valence-corrected chi connectivity index (χ3v) is 7.51. The molecule has 0 radical (unpaired) electrons. The number of rotatable bonds is 5. The Balaban J connectivity index is 1.38. The van der Waals surface area contributed by atoms with Gasteiger partial charge in [0.25, 0.3) is 11.8 Å². The third-order valence-electron chi connectivity index (χ3n) is 7.30. The van der Waals surface area contributed by atoms with E-state index in [1.807, 2.05) is 0 Å². The van der Waals surface area contributed by atoms with Crippen molar-refractivity contribution in [3.05, 3.63) is 45.2 Å². The first-order valence-corrected chi connectivity index (χ1v) is 12.0. The van der Waals surface area contributed by atoms with Crippen LogP contribution in [0.4, 0.5) is 31.8 Å². The highest BCUT2D eigenvalue weighted by Gasteiger charge is 2.44. The molecule has 2 aromatic heterocycles. The van der Waals surface area contributed by atoms with Crippen LogP contribution in [0.3, 0.4) is 0 Å². The van der Waals surface area contributed by atoms with E-state index in [-0.39, 0.29) is 35.6 Å². The van der Waals surface area contributed by atoms with Gasteiger partial charge in [-0.25, -0.2) is 18.7 Å². The van der Waals surface area contributed by atoms with E-state index in [4.69, 9.17) is 11.6 Å². The molecule has 12 heteroatoms. The number of nitro groups is 1. The Bertz CT molecular complexity index is 1160. The number of hydrogen-bond donors (Lipinski definition) is 1. The molecule has 1 spiro atoms. The second kappa shape index (κ2) is 8.85. The molecule has 3 aliphatic rings. The molecule has 1 N–H and O–H groups in total. The Hall–Kier alpha value is -3.08. The van der Waals surface area contributed by atoms with E-state index in [0.29, 0.717) is 16.7 Å².